The van der Waals surface area contributed by atoms with Gasteiger partial charge in [0, 0.05) is 62.0 Å². The van der Waals surface area contributed by atoms with E-state index in [0.29, 0.717) is 67.8 Å². The van der Waals surface area contributed by atoms with Gasteiger partial charge < -0.3 is 29.9 Å². The van der Waals surface area contributed by atoms with Crippen LogP contribution in [0.25, 0.3) is 22.2 Å². The van der Waals surface area contributed by atoms with E-state index >= 15 is 0 Å². The number of imide groups is 1. The number of carbonyl (C=O) groups is 3. The topological polar surface area (TPSA) is 158 Å². The van der Waals surface area contributed by atoms with Gasteiger partial charge in [0.15, 0.2) is 5.82 Å². The van der Waals surface area contributed by atoms with Gasteiger partial charge in [0.2, 0.25) is 17.8 Å². The molecular weight excluding hydrogens is 778 g/mol. The highest BCUT2D eigenvalue weighted by atomic mass is 19.1. The summed E-state index contributed by atoms with van der Waals surface area (Å²) in [4.78, 5) is 52.3. The van der Waals surface area contributed by atoms with Crippen molar-refractivity contribution in [3.05, 3.63) is 90.2 Å². The molecule has 5 aliphatic rings. The molecule has 4 aliphatic heterocycles. The molecule has 3 saturated heterocycles. The Balaban J connectivity index is 0.698. The van der Waals surface area contributed by atoms with Crippen molar-refractivity contribution in [1.29, 1.82) is 0 Å². The Morgan fingerprint density at radius 1 is 0.967 bits per heavy atom. The predicted molar refractivity (Wildman–Crippen MR) is 229 cm³/mol. The molecule has 0 bridgehead atoms. The normalized spacial score (nSPS) is 24.3. The lowest BCUT2D eigenvalue weighted by molar-refractivity contribution is -0.134. The Hall–Kier alpha value is -5.67. The number of halogens is 1. The highest BCUT2D eigenvalue weighted by Gasteiger charge is 2.33. The number of aliphatic hydroxyl groups excluding tert-OH is 1. The number of hydrogen-bond acceptors (Lipinski definition) is 11. The van der Waals surface area contributed by atoms with Crippen molar-refractivity contribution in [2.24, 2.45) is 13.0 Å². The predicted octanol–water partition coefficient (Wildman–Crippen LogP) is 6.35. The Bertz CT molecular complexity index is 2320. The Morgan fingerprint density at radius 3 is 2.54 bits per heavy atom. The second kappa shape index (κ2) is 17.7. The van der Waals surface area contributed by atoms with Crippen LogP contribution in [0.1, 0.15) is 87.3 Å². The summed E-state index contributed by atoms with van der Waals surface area (Å²) in [5, 5.41) is 21.9. The van der Waals surface area contributed by atoms with E-state index in [0.717, 1.165) is 74.8 Å². The lowest BCUT2D eigenvalue weighted by Crippen LogP contribution is -2.44. The number of aliphatic hydroxyl groups is 1. The van der Waals surface area contributed by atoms with Crippen molar-refractivity contribution in [2.45, 2.75) is 94.4 Å². The zero-order valence-electron chi connectivity index (χ0n) is 34.6. The molecule has 9 rings (SSSR count). The molecule has 2 unspecified atom stereocenters. The summed E-state index contributed by atoms with van der Waals surface area (Å²) in [6.45, 7) is 4.29. The Morgan fingerprint density at radius 2 is 1.77 bits per heavy atom. The number of fused-ring (bicyclic) bond motifs is 1. The quantitative estimate of drug-likeness (QED) is 0.162. The first kappa shape index (κ1) is 40.7. The molecule has 4 aromatic rings. The van der Waals surface area contributed by atoms with Gasteiger partial charge in [0.25, 0.3) is 0 Å². The minimum absolute atomic E-state index is 0.0272. The molecular formula is C46H54FN9O5. The molecule has 2 aromatic carbocycles. The zero-order chi connectivity index (χ0) is 42.0. The van der Waals surface area contributed by atoms with Crippen molar-refractivity contribution >= 4 is 40.4 Å². The van der Waals surface area contributed by atoms with E-state index in [1.165, 1.54) is 11.8 Å². The van der Waals surface area contributed by atoms with Gasteiger partial charge in [-0.15, -0.1) is 0 Å². The van der Waals surface area contributed by atoms with Gasteiger partial charge in [-0.1, -0.05) is 30.3 Å². The number of benzene rings is 2. The van der Waals surface area contributed by atoms with Crippen LogP contribution in [0, 0.1) is 11.7 Å². The molecule has 15 heteroatoms. The maximum absolute atomic E-state index is 15.0. The smallest absolute Gasteiger partial charge is 0.410 e. The van der Waals surface area contributed by atoms with Crippen LogP contribution in [0.2, 0.25) is 0 Å². The number of aromatic nitrogens is 4. The summed E-state index contributed by atoms with van der Waals surface area (Å²) >= 11 is 0. The van der Waals surface area contributed by atoms with E-state index in [9.17, 15) is 23.9 Å². The second-order valence-electron chi connectivity index (χ2n) is 17.3. The molecule has 3 amide bonds. The summed E-state index contributed by atoms with van der Waals surface area (Å²) in [6.07, 6.45) is 15.4. The van der Waals surface area contributed by atoms with Crippen LogP contribution in [-0.2, 0) is 21.4 Å². The summed E-state index contributed by atoms with van der Waals surface area (Å²) in [6, 6.07) is 13.8. The number of aryl methyl sites for hydroxylation is 1. The number of likely N-dealkylation sites (tertiary alicyclic amines) is 2. The molecule has 14 nitrogen and oxygen atoms in total. The molecule has 61 heavy (non-hydrogen) atoms. The number of amides is 3. The maximum Gasteiger partial charge on any atom is 0.410 e. The first-order chi connectivity index (χ1) is 29.6. The average molecular weight is 832 g/mol. The van der Waals surface area contributed by atoms with Gasteiger partial charge in [0.1, 0.15) is 18.0 Å². The van der Waals surface area contributed by atoms with Crippen LogP contribution < -0.4 is 15.5 Å². The maximum atomic E-state index is 15.0. The molecule has 3 N–H and O–H groups in total. The lowest BCUT2D eigenvalue weighted by atomic mass is 9.85. The van der Waals surface area contributed by atoms with E-state index in [1.54, 1.807) is 46.4 Å². The largest absolute Gasteiger partial charge is 0.446 e. The van der Waals surface area contributed by atoms with Crippen LogP contribution in [0.5, 0.6) is 0 Å². The molecule has 2 atom stereocenters. The fourth-order valence-electron chi connectivity index (χ4n) is 9.80. The standard InChI is InChI=1S/C46H54FN9O5/c1-53-39-26-31(10-13-36(39)43(52-53)37-14-15-40(57)50-44(37)59)30-16-21-54(22-17-30)28-29-8-11-35(12-9-29)61-46(60)55-23-18-33(19-24-55)49-45-48-27-38(47)42(51-45)32-5-4-6-34(25-32)56-20-3-2-7-41(56)58/h2-7,10,13,20,25-27,29-30,33,35,37,41,58H,8-9,11-12,14-19,21-24,28H2,1H3,(H,48,49,51)(H,50,57,59). The van der Waals surface area contributed by atoms with E-state index < -0.39 is 18.0 Å². The van der Waals surface area contributed by atoms with Crippen LogP contribution in [0.3, 0.4) is 0 Å². The fraction of sp³-hybridized carbons (Fsp3) is 0.478. The highest BCUT2D eigenvalue weighted by Crippen LogP contribution is 2.36. The van der Waals surface area contributed by atoms with Gasteiger partial charge in [-0.3, -0.25) is 19.6 Å². The third-order valence-corrected chi connectivity index (χ3v) is 13.3. The van der Waals surface area contributed by atoms with Gasteiger partial charge in [-0.05, 0) is 119 Å². The average Bonchev–Trinajstić information content (AvgIpc) is 3.60. The number of carbonyl (C=O) groups excluding carboxylic acids is 3. The minimum Gasteiger partial charge on any atom is -0.446 e. The molecule has 1 aliphatic carbocycles. The van der Waals surface area contributed by atoms with Crippen LogP contribution in [-0.4, -0.2) is 104 Å². The van der Waals surface area contributed by atoms with Crippen LogP contribution >= 0.6 is 0 Å². The van der Waals surface area contributed by atoms with Crippen LogP contribution in [0.4, 0.5) is 20.8 Å². The van der Waals surface area contributed by atoms with E-state index in [4.69, 9.17) is 9.84 Å². The number of hydrogen-bond donors (Lipinski definition) is 3. The van der Waals surface area contributed by atoms with Gasteiger partial charge in [0.05, 0.1) is 23.3 Å². The van der Waals surface area contributed by atoms with Crippen molar-refractivity contribution in [2.75, 3.05) is 42.9 Å². The van der Waals surface area contributed by atoms with Crippen molar-refractivity contribution in [3.63, 3.8) is 0 Å². The summed E-state index contributed by atoms with van der Waals surface area (Å²) < 4.78 is 22.9. The number of piperidine rings is 3. The molecule has 0 spiro atoms. The fourth-order valence-corrected chi connectivity index (χ4v) is 9.80. The summed E-state index contributed by atoms with van der Waals surface area (Å²) in [5.41, 5.74) is 4.55. The molecule has 4 fully saturated rings. The first-order valence-electron chi connectivity index (χ1n) is 21.8. The number of nitrogens with one attached hydrogen (secondary N) is 2. The Labute approximate surface area is 354 Å². The monoisotopic (exact) mass is 831 g/mol. The van der Waals surface area contributed by atoms with Gasteiger partial charge in [-0.25, -0.2) is 19.2 Å². The summed E-state index contributed by atoms with van der Waals surface area (Å²) in [5.74, 6) is -0.0104. The van der Waals surface area contributed by atoms with Crippen molar-refractivity contribution in [1.82, 2.24) is 34.9 Å². The highest BCUT2D eigenvalue weighted by molar-refractivity contribution is 6.02. The second-order valence-corrected chi connectivity index (χ2v) is 17.3. The summed E-state index contributed by atoms with van der Waals surface area (Å²) in [7, 11) is 1.92. The number of ether oxygens (including phenoxy) is 1. The van der Waals surface area contributed by atoms with Gasteiger partial charge >= 0.3 is 6.09 Å². The molecule has 6 heterocycles. The van der Waals surface area contributed by atoms with Gasteiger partial charge in [-0.2, -0.15) is 5.10 Å². The molecule has 2 aromatic heterocycles. The molecule has 0 radical (unpaired) electrons. The lowest BCUT2D eigenvalue weighted by Gasteiger charge is -2.37. The van der Waals surface area contributed by atoms with E-state index in [2.05, 4.69) is 43.7 Å². The van der Waals surface area contributed by atoms with Crippen molar-refractivity contribution < 1.29 is 28.6 Å². The van der Waals surface area contributed by atoms with Crippen molar-refractivity contribution in [3.8, 4) is 11.3 Å². The van der Waals surface area contributed by atoms with E-state index in [-0.39, 0.29) is 35.7 Å². The van der Waals surface area contributed by atoms with Crippen LogP contribution in [0.15, 0.2) is 73.1 Å². The number of anilines is 2. The Kier molecular flexibility index (Phi) is 11.8. The minimum atomic E-state index is -0.812. The first-order valence-corrected chi connectivity index (χ1v) is 21.8. The SMILES string of the molecule is Cn1nc(C2CCC(=O)NC2=O)c2ccc(C3CCN(CC4CCC(OC(=O)N5CCC(Nc6ncc(F)c(-c7cccc(N8C=CC=CC8O)c7)n6)CC5)CC4)CC3)cc21. The third-order valence-electron chi connectivity index (χ3n) is 13.3. The zero-order valence-corrected chi connectivity index (χ0v) is 34.6. The number of allylic oxidation sites excluding steroid dienone is 2. The van der Waals surface area contributed by atoms with E-state index in [1.807, 2.05) is 23.9 Å². The number of nitrogens with zero attached hydrogens (tertiary/aromatic N) is 7. The molecule has 320 valence electrons. The third kappa shape index (κ3) is 9.03. The number of rotatable bonds is 9. The molecule has 1 saturated carbocycles.